The van der Waals surface area contributed by atoms with Gasteiger partial charge in [-0.3, -0.25) is 9.59 Å². The molecule has 1 aliphatic rings. The SMILES string of the molecule is CCCSCCCNC(=O)C1CCN(c2ccc(=O)n(-c3ccc(C)c(Cl)c3)n2)CC1. The maximum atomic E-state index is 12.5. The minimum atomic E-state index is -0.199. The highest BCUT2D eigenvalue weighted by atomic mass is 35.5. The van der Waals surface area contributed by atoms with Crippen LogP contribution >= 0.6 is 23.4 Å². The van der Waals surface area contributed by atoms with Crippen LogP contribution in [0.3, 0.4) is 0 Å². The van der Waals surface area contributed by atoms with Crippen LogP contribution in [0.1, 0.15) is 38.2 Å². The Labute approximate surface area is 193 Å². The molecule has 0 spiro atoms. The molecule has 31 heavy (non-hydrogen) atoms. The Hall–Kier alpha value is -1.99. The quantitative estimate of drug-likeness (QED) is 0.569. The van der Waals surface area contributed by atoms with Crippen LogP contribution in [-0.4, -0.2) is 46.8 Å². The van der Waals surface area contributed by atoms with E-state index in [1.165, 1.54) is 22.9 Å². The van der Waals surface area contributed by atoms with Gasteiger partial charge in [0.2, 0.25) is 5.91 Å². The lowest BCUT2D eigenvalue weighted by atomic mass is 9.96. The fraction of sp³-hybridized carbons (Fsp3) is 0.522. The standard InChI is InChI=1S/C23H31ClN4O2S/c1-3-14-31-15-4-11-25-23(30)18-9-12-27(13-10-18)21-7-8-22(29)28(26-21)19-6-5-17(2)20(24)16-19/h5-8,16,18H,3-4,9-15H2,1-2H3,(H,25,30). The number of rotatable bonds is 9. The van der Waals surface area contributed by atoms with Crippen LogP contribution in [0.15, 0.2) is 35.1 Å². The van der Waals surface area contributed by atoms with Crippen molar-refractivity contribution in [3.05, 3.63) is 51.3 Å². The first-order valence-corrected chi connectivity index (χ1v) is 12.5. The second kappa shape index (κ2) is 11.6. The maximum Gasteiger partial charge on any atom is 0.271 e. The lowest BCUT2D eigenvalue weighted by Crippen LogP contribution is -2.41. The molecule has 0 bridgehead atoms. The number of nitrogens with zero attached hydrogens (tertiary/aromatic N) is 3. The molecule has 0 saturated carbocycles. The van der Waals surface area contributed by atoms with Crippen molar-refractivity contribution in [2.75, 3.05) is 36.0 Å². The van der Waals surface area contributed by atoms with Crippen molar-refractivity contribution in [2.24, 2.45) is 5.92 Å². The predicted molar refractivity (Wildman–Crippen MR) is 130 cm³/mol. The zero-order valence-corrected chi connectivity index (χ0v) is 19.8. The number of carbonyl (C=O) groups is 1. The molecule has 0 aliphatic carbocycles. The number of hydrogen-bond acceptors (Lipinski definition) is 5. The normalized spacial score (nSPS) is 14.6. The summed E-state index contributed by atoms with van der Waals surface area (Å²) in [4.78, 5) is 27.0. The average Bonchev–Trinajstić information content (AvgIpc) is 2.78. The number of hydrogen-bond donors (Lipinski definition) is 1. The molecular weight excluding hydrogens is 432 g/mol. The van der Waals surface area contributed by atoms with Crippen LogP contribution in [0.2, 0.25) is 5.02 Å². The summed E-state index contributed by atoms with van der Waals surface area (Å²) in [5, 5.41) is 8.25. The molecular formula is C23H31ClN4O2S. The summed E-state index contributed by atoms with van der Waals surface area (Å²) in [7, 11) is 0. The minimum absolute atomic E-state index is 0.0429. The Morgan fingerprint density at radius 1 is 1.23 bits per heavy atom. The van der Waals surface area contributed by atoms with Gasteiger partial charge in [0.15, 0.2) is 0 Å². The Bertz CT molecular complexity index is 941. The van der Waals surface area contributed by atoms with Crippen molar-refractivity contribution in [3.8, 4) is 5.69 Å². The smallest absolute Gasteiger partial charge is 0.271 e. The number of carbonyl (C=O) groups excluding carboxylic acids is 1. The molecule has 1 saturated heterocycles. The molecule has 3 rings (SSSR count). The van der Waals surface area contributed by atoms with Crippen LogP contribution in [0.25, 0.3) is 5.69 Å². The van der Waals surface area contributed by atoms with Crippen molar-refractivity contribution in [2.45, 2.75) is 39.5 Å². The number of aromatic nitrogens is 2. The second-order valence-electron chi connectivity index (χ2n) is 7.89. The summed E-state index contributed by atoms with van der Waals surface area (Å²) in [5.41, 5.74) is 1.40. The largest absolute Gasteiger partial charge is 0.356 e. The second-order valence-corrected chi connectivity index (χ2v) is 9.53. The van der Waals surface area contributed by atoms with Gasteiger partial charge in [0.25, 0.3) is 5.56 Å². The molecule has 1 aromatic carbocycles. The van der Waals surface area contributed by atoms with E-state index in [0.717, 1.165) is 56.0 Å². The van der Waals surface area contributed by atoms with Crippen LogP contribution in [-0.2, 0) is 4.79 Å². The van der Waals surface area contributed by atoms with E-state index in [0.29, 0.717) is 10.7 Å². The van der Waals surface area contributed by atoms with Gasteiger partial charge in [-0.25, -0.2) is 0 Å². The first kappa shape index (κ1) is 23.7. The Kier molecular flexibility index (Phi) is 8.84. The number of amides is 1. The summed E-state index contributed by atoms with van der Waals surface area (Å²) >= 11 is 8.17. The zero-order valence-electron chi connectivity index (χ0n) is 18.3. The molecule has 2 heterocycles. The molecule has 168 valence electrons. The van der Waals surface area contributed by atoms with Crippen molar-refractivity contribution < 1.29 is 4.79 Å². The Morgan fingerprint density at radius 2 is 2.00 bits per heavy atom. The fourth-order valence-corrected chi connectivity index (χ4v) is 4.63. The van der Waals surface area contributed by atoms with E-state index in [2.05, 4.69) is 22.2 Å². The van der Waals surface area contributed by atoms with Crippen LogP contribution in [0.5, 0.6) is 0 Å². The van der Waals surface area contributed by atoms with E-state index in [1.807, 2.05) is 30.8 Å². The molecule has 1 aliphatic heterocycles. The van der Waals surface area contributed by atoms with E-state index in [1.54, 1.807) is 12.1 Å². The maximum absolute atomic E-state index is 12.5. The van der Waals surface area contributed by atoms with E-state index >= 15 is 0 Å². The van der Waals surface area contributed by atoms with Gasteiger partial charge in [0.05, 0.1) is 5.69 Å². The number of nitrogens with one attached hydrogen (secondary N) is 1. The van der Waals surface area contributed by atoms with Gasteiger partial charge >= 0.3 is 0 Å². The first-order valence-electron chi connectivity index (χ1n) is 11.0. The first-order chi connectivity index (χ1) is 15.0. The molecule has 2 aromatic rings. The van der Waals surface area contributed by atoms with Gasteiger partial charge in [0, 0.05) is 36.6 Å². The number of benzene rings is 1. The van der Waals surface area contributed by atoms with Crippen LogP contribution in [0, 0.1) is 12.8 Å². The minimum Gasteiger partial charge on any atom is -0.356 e. The van der Waals surface area contributed by atoms with E-state index < -0.39 is 0 Å². The topological polar surface area (TPSA) is 67.2 Å². The number of anilines is 1. The third kappa shape index (κ3) is 6.50. The molecule has 0 unspecified atom stereocenters. The average molecular weight is 463 g/mol. The molecule has 1 aromatic heterocycles. The van der Waals surface area contributed by atoms with Gasteiger partial charge < -0.3 is 10.2 Å². The zero-order chi connectivity index (χ0) is 22.2. The summed E-state index contributed by atoms with van der Waals surface area (Å²) in [5.74, 6) is 3.22. The highest BCUT2D eigenvalue weighted by Crippen LogP contribution is 2.23. The fourth-order valence-electron chi connectivity index (χ4n) is 3.62. The highest BCUT2D eigenvalue weighted by Gasteiger charge is 2.25. The van der Waals surface area contributed by atoms with Crippen molar-refractivity contribution >= 4 is 35.1 Å². The Morgan fingerprint density at radius 3 is 2.71 bits per heavy atom. The third-order valence-electron chi connectivity index (χ3n) is 5.49. The highest BCUT2D eigenvalue weighted by molar-refractivity contribution is 7.99. The predicted octanol–water partition coefficient (Wildman–Crippen LogP) is 4.06. The van der Waals surface area contributed by atoms with Crippen molar-refractivity contribution in [1.29, 1.82) is 0 Å². The van der Waals surface area contributed by atoms with Gasteiger partial charge in [-0.1, -0.05) is 24.6 Å². The van der Waals surface area contributed by atoms with Gasteiger partial charge in [-0.15, -0.1) is 5.10 Å². The van der Waals surface area contributed by atoms with Crippen molar-refractivity contribution in [1.82, 2.24) is 15.1 Å². The number of piperidine rings is 1. The van der Waals surface area contributed by atoms with Crippen molar-refractivity contribution in [3.63, 3.8) is 0 Å². The van der Waals surface area contributed by atoms with E-state index in [4.69, 9.17) is 11.6 Å². The monoisotopic (exact) mass is 462 g/mol. The van der Waals surface area contributed by atoms with E-state index in [9.17, 15) is 9.59 Å². The molecule has 6 nitrogen and oxygen atoms in total. The van der Waals surface area contributed by atoms with E-state index in [-0.39, 0.29) is 17.4 Å². The van der Waals surface area contributed by atoms with Crippen LogP contribution < -0.4 is 15.8 Å². The molecule has 1 fully saturated rings. The third-order valence-corrected chi connectivity index (χ3v) is 7.17. The van der Waals surface area contributed by atoms with Gasteiger partial charge in [-0.2, -0.15) is 16.4 Å². The Balaban J connectivity index is 1.55. The van der Waals surface area contributed by atoms with Crippen LogP contribution in [0.4, 0.5) is 5.82 Å². The lowest BCUT2D eigenvalue weighted by Gasteiger charge is -2.32. The number of thioether (sulfide) groups is 1. The molecule has 0 radical (unpaired) electrons. The molecule has 1 amide bonds. The van der Waals surface area contributed by atoms with Gasteiger partial charge in [0.1, 0.15) is 5.82 Å². The summed E-state index contributed by atoms with van der Waals surface area (Å²) in [6.07, 6.45) is 3.78. The lowest BCUT2D eigenvalue weighted by molar-refractivity contribution is -0.125. The number of halogens is 1. The molecule has 1 N–H and O–H groups in total. The summed E-state index contributed by atoms with van der Waals surface area (Å²) in [6.45, 7) is 6.34. The van der Waals surface area contributed by atoms with Gasteiger partial charge in [-0.05, 0) is 67.9 Å². The number of aryl methyl sites for hydroxylation is 1. The molecule has 0 atom stereocenters. The summed E-state index contributed by atoms with van der Waals surface area (Å²) in [6, 6.07) is 8.77. The summed E-state index contributed by atoms with van der Waals surface area (Å²) < 4.78 is 1.38. The molecule has 8 heteroatoms.